The summed E-state index contributed by atoms with van der Waals surface area (Å²) in [6, 6.07) is 22.6. The molecule has 0 aliphatic rings. The molecule has 0 aliphatic carbocycles. The van der Waals surface area contributed by atoms with Crippen LogP contribution in [0.2, 0.25) is 0 Å². The number of carbonyl (C=O) groups excluding carboxylic acids is 1. The fourth-order valence-corrected chi connectivity index (χ4v) is 4.20. The SMILES string of the molecule is CC(C)c1ccc(C(Nc2ccccc2C(=O)O)C(SC#N)C(=O)c2ccccc2)cc1. The van der Waals surface area contributed by atoms with Crippen LogP contribution in [0.4, 0.5) is 5.69 Å². The lowest BCUT2D eigenvalue weighted by atomic mass is 9.94. The summed E-state index contributed by atoms with van der Waals surface area (Å²) in [6.45, 7) is 4.20. The largest absolute Gasteiger partial charge is 0.478 e. The number of rotatable bonds is 9. The average molecular weight is 445 g/mol. The Morgan fingerprint density at radius 1 is 0.906 bits per heavy atom. The van der Waals surface area contributed by atoms with Crippen molar-refractivity contribution in [2.24, 2.45) is 0 Å². The second kappa shape index (κ2) is 10.7. The standard InChI is InChI=1S/C26H24N2O3S/c1-17(2)18-12-14-19(15-13-18)23(28-22-11-7-6-10-21(22)26(30)31)25(32-16-27)24(29)20-8-4-3-5-9-20/h3-15,17,23,25,28H,1-2H3,(H,30,31). The van der Waals surface area contributed by atoms with Crippen LogP contribution in [0.15, 0.2) is 78.9 Å². The number of nitriles is 1. The van der Waals surface area contributed by atoms with Gasteiger partial charge in [0.25, 0.3) is 0 Å². The van der Waals surface area contributed by atoms with Crippen LogP contribution in [0.1, 0.15) is 57.7 Å². The van der Waals surface area contributed by atoms with Gasteiger partial charge in [-0.25, -0.2) is 4.79 Å². The van der Waals surface area contributed by atoms with E-state index in [2.05, 4.69) is 24.6 Å². The molecule has 2 unspecified atom stereocenters. The smallest absolute Gasteiger partial charge is 0.337 e. The van der Waals surface area contributed by atoms with Crippen molar-refractivity contribution in [3.05, 3.63) is 101 Å². The highest BCUT2D eigenvalue weighted by atomic mass is 32.2. The van der Waals surface area contributed by atoms with Gasteiger partial charge in [-0.05, 0) is 40.9 Å². The highest BCUT2D eigenvalue weighted by molar-refractivity contribution is 8.05. The lowest BCUT2D eigenvalue weighted by Gasteiger charge is -2.27. The maximum atomic E-state index is 13.4. The molecule has 0 aliphatic heterocycles. The van der Waals surface area contributed by atoms with Gasteiger partial charge in [0.15, 0.2) is 5.78 Å². The zero-order chi connectivity index (χ0) is 23.1. The van der Waals surface area contributed by atoms with Gasteiger partial charge in [-0.2, -0.15) is 5.26 Å². The molecule has 5 nitrogen and oxygen atoms in total. The molecule has 0 spiro atoms. The predicted octanol–water partition coefficient (Wildman–Crippen LogP) is 6.13. The van der Waals surface area contributed by atoms with Gasteiger partial charge in [-0.3, -0.25) is 4.79 Å². The molecule has 6 heteroatoms. The van der Waals surface area contributed by atoms with E-state index in [1.807, 2.05) is 30.3 Å². The first kappa shape index (κ1) is 23.1. The third kappa shape index (κ3) is 5.37. The summed E-state index contributed by atoms with van der Waals surface area (Å²) in [5.41, 5.74) is 2.94. The monoisotopic (exact) mass is 444 g/mol. The zero-order valence-corrected chi connectivity index (χ0v) is 18.7. The normalized spacial score (nSPS) is 12.6. The van der Waals surface area contributed by atoms with Crippen LogP contribution in [0, 0.1) is 10.7 Å². The van der Waals surface area contributed by atoms with Crippen molar-refractivity contribution in [3.63, 3.8) is 0 Å². The molecule has 0 aromatic heterocycles. The molecule has 3 rings (SSSR count). The summed E-state index contributed by atoms with van der Waals surface area (Å²) in [5.74, 6) is -0.922. The van der Waals surface area contributed by atoms with Crippen LogP contribution in [-0.2, 0) is 0 Å². The number of nitrogens with zero attached hydrogens (tertiary/aromatic N) is 1. The minimum Gasteiger partial charge on any atom is -0.478 e. The highest BCUT2D eigenvalue weighted by Crippen LogP contribution is 2.34. The Balaban J connectivity index is 2.08. The molecule has 162 valence electrons. The maximum absolute atomic E-state index is 13.4. The number of benzene rings is 3. The van der Waals surface area contributed by atoms with E-state index in [9.17, 15) is 20.0 Å². The summed E-state index contributed by atoms with van der Waals surface area (Å²) in [4.78, 5) is 25.2. The molecule has 2 N–H and O–H groups in total. The molecular formula is C26H24N2O3S. The average Bonchev–Trinajstić information content (AvgIpc) is 2.81. The van der Waals surface area contributed by atoms with Crippen LogP contribution in [0.25, 0.3) is 0 Å². The molecule has 3 aromatic rings. The number of anilines is 1. The molecule has 0 heterocycles. The van der Waals surface area contributed by atoms with E-state index in [0.717, 1.165) is 22.9 Å². The summed E-state index contributed by atoms with van der Waals surface area (Å²) in [6.07, 6.45) is 0. The van der Waals surface area contributed by atoms with Crippen LogP contribution < -0.4 is 5.32 Å². The molecule has 32 heavy (non-hydrogen) atoms. The van der Waals surface area contributed by atoms with Gasteiger partial charge in [-0.1, -0.05) is 80.6 Å². The molecule has 3 aromatic carbocycles. The predicted molar refractivity (Wildman–Crippen MR) is 128 cm³/mol. The van der Waals surface area contributed by atoms with E-state index in [1.54, 1.807) is 42.5 Å². The van der Waals surface area contributed by atoms with Gasteiger partial charge in [0.2, 0.25) is 0 Å². The van der Waals surface area contributed by atoms with Gasteiger partial charge in [0, 0.05) is 11.3 Å². The van der Waals surface area contributed by atoms with Crippen molar-refractivity contribution in [2.45, 2.75) is 31.1 Å². The number of para-hydroxylation sites is 1. The van der Waals surface area contributed by atoms with E-state index in [0.29, 0.717) is 17.2 Å². The Morgan fingerprint density at radius 3 is 2.09 bits per heavy atom. The van der Waals surface area contributed by atoms with Crippen LogP contribution in [-0.4, -0.2) is 22.1 Å². The number of carbonyl (C=O) groups is 2. The second-order valence-electron chi connectivity index (χ2n) is 7.65. The van der Waals surface area contributed by atoms with Gasteiger partial charge >= 0.3 is 5.97 Å². The number of thiocyanates is 1. The lowest BCUT2D eigenvalue weighted by Crippen LogP contribution is -2.31. The fourth-order valence-electron chi connectivity index (χ4n) is 3.48. The Morgan fingerprint density at radius 2 is 1.50 bits per heavy atom. The second-order valence-corrected chi connectivity index (χ2v) is 8.58. The number of aromatic carboxylic acids is 1. The summed E-state index contributed by atoms with van der Waals surface area (Å²) < 4.78 is 0. The fraction of sp³-hybridized carbons (Fsp3) is 0.192. The van der Waals surface area contributed by atoms with E-state index >= 15 is 0 Å². The minimum atomic E-state index is -1.07. The van der Waals surface area contributed by atoms with Gasteiger partial charge in [-0.15, -0.1) is 0 Å². The molecule has 0 saturated carbocycles. The van der Waals surface area contributed by atoms with Crippen molar-refractivity contribution in [3.8, 4) is 5.40 Å². The molecule has 0 radical (unpaired) electrons. The summed E-state index contributed by atoms with van der Waals surface area (Å²) >= 11 is 0.872. The number of hydrogen-bond donors (Lipinski definition) is 2. The molecule has 0 amide bonds. The third-order valence-corrected chi connectivity index (χ3v) is 6.08. The van der Waals surface area contributed by atoms with Gasteiger partial charge in [0.1, 0.15) is 10.7 Å². The van der Waals surface area contributed by atoms with Crippen molar-refractivity contribution < 1.29 is 14.7 Å². The first-order valence-electron chi connectivity index (χ1n) is 10.2. The number of carboxylic acids is 1. The first-order valence-corrected chi connectivity index (χ1v) is 11.1. The number of ketones is 1. The number of nitrogens with one attached hydrogen (secondary N) is 1. The number of carboxylic acid groups (broad SMARTS) is 1. The van der Waals surface area contributed by atoms with E-state index in [4.69, 9.17) is 0 Å². The van der Waals surface area contributed by atoms with Crippen molar-refractivity contribution in [1.29, 1.82) is 5.26 Å². The highest BCUT2D eigenvalue weighted by Gasteiger charge is 2.32. The quantitative estimate of drug-likeness (QED) is 0.305. The minimum absolute atomic E-state index is 0.101. The Labute approximate surface area is 192 Å². The van der Waals surface area contributed by atoms with Gasteiger partial charge < -0.3 is 10.4 Å². The van der Waals surface area contributed by atoms with Crippen LogP contribution in [0.3, 0.4) is 0 Å². The summed E-state index contributed by atoms with van der Waals surface area (Å²) in [5, 5.41) is 23.6. The zero-order valence-electron chi connectivity index (χ0n) is 17.9. The Kier molecular flexibility index (Phi) is 7.69. The summed E-state index contributed by atoms with van der Waals surface area (Å²) in [7, 11) is 0. The van der Waals surface area contributed by atoms with Crippen LogP contribution in [0.5, 0.6) is 0 Å². The van der Waals surface area contributed by atoms with E-state index in [-0.39, 0.29) is 11.3 Å². The number of thioether (sulfide) groups is 1. The van der Waals surface area contributed by atoms with Crippen LogP contribution >= 0.6 is 11.8 Å². The van der Waals surface area contributed by atoms with Crippen molar-refractivity contribution >= 4 is 29.2 Å². The number of hydrogen-bond acceptors (Lipinski definition) is 5. The Hall–Kier alpha value is -3.56. The van der Waals surface area contributed by atoms with E-state index < -0.39 is 17.3 Å². The molecule has 0 saturated heterocycles. The topological polar surface area (TPSA) is 90.2 Å². The third-order valence-electron chi connectivity index (χ3n) is 5.23. The number of Topliss-reactive ketones (excluding diaryl/α,β-unsaturated/α-hetero) is 1. The maximum Gasteiger partial charge on any atom is 0.337 e. The van der Waals surface area contributed by atoms with Crippen molar-refractivity contribution in [2.75, 3.05) is 5.32 Å². The van der Waals surface area contributed by atoms with Crippen molar-refractivity contribution in [1.82, 2.24) is 0 Å². The lowest BCUT2D eigenvalue weighted by molar-refractivity contribution is 0.0697. The molecule has 0 fully saturated rings. The molecule has 2 atom stereocenters. The molecule has 0 bridgehead atoms. The Bertz CT molecular complexity index is 1120. The van der Waals surface area contributed by atoms with E-state index in [1.165, 1.54) is 6.07 Å². The van der Waals surface area contributed by atoms with Gasteiger partial charge in [0.05, 0.1) is 11.6 Å². The molecular weight excluding hydrogens is 420 g/mol. The first-order chi connectivity index (χ1) is 15.4.